The van der Waals surface area contributed by atoms with Gasteiger partial charge in [-0.05, 0) is 55.1 Å². The summed E-state index contributed by atoms with van der Waals surface area (Å²) in [6.07, 6.45) is 4.62. The molecule has 2 amide bonds. The molecular formula is C36H47N5O7Si. The first kappa shape index (κ1) is 34.8. The van der Waals surface area contributed by atoms with Gasteiger partial charge in [-0.1, -0.05) is 42.6 Å². The lowest BCUT2D eigenvalue weighted by Gasteiger charge is -2.37. The topological polar surface area (TPSA) is 136 Å². The van der Waals surface area contributed by atoms with E-state index in [1.165, 1.54) is 12.3 Å². The number of aliphatic hydroxyl groups excluding tert-OH is 1. The highest BCUT2D eigenvalue weighted by Crippen LogP contribution is 2.60. The molecule has 0 aliphatic carbocycles. The van der Waals surface area contributed by atoms with E-state index < -0.39 is 13.7 Å². The number of carbonyl (C=O) groups is 3. The van der Waals surface area contributed by atoms with Gasteiger partial charge in [-0.15, -0.1) is 5.10 Å². The molecule has 0 unspecified atom stereocenters. The molecule has 12 nitrogen and oxygen atoms in total. The summed E-state index contributed by atoms with van der Waals surface area (Å²) in [6.45, 7) is 8.47. The fourth-order valence-corrected chi connectivity index (χ4v) is 12.2. The SMILES string of the molecule is COC(=O)CCCCN1C(=O)[C@]2(O[C@H](CCn3cc(CCO)nn3)[C@@H]([Si](C)(C)c3ccc(OC)cc3)[C@@H]2C)c2cc(N3CCC3=O)ccc21. The molecule has 1 N–H and O–H groups in total. The number of fused-ring (bicyclic) bond motifs is 2. The second-order valence-electron chi connectivity index (χ2n) is 13.9. The van der Waals surface area contributed by atoms with Crippen LogP contribution in [0.25, 0.3) is 0 Å². The number of hydrogen-bond donors (Lipinski definition) is 1. The Kier molecular flexibility index (Phi) is 9.97. The van der Waals surface area contributed by atoms with Gasteiger partial charge < -0.3 is 29.1 Å². The zero-order valence-corrected chi connectivity index (χ0v) is 30.1. The van der Waals surface area contributed by atoms with Gasteiger partial charge in [0.25, 0.3) is 5.91 Å². The van der Waals surface area contributed by atoms with Crippen molar-refractivity contribution in [3.63, 3.8) is 0 Å². The van der Waals surface area contributed by atoms with Gasteiger partial charge in [0, 0.05) is 68.9 Å². The van der Waals surface area contributed by atoms with Crippen molar-refractivity contribution in [3.05, 3.63) is 59.9 Å². The molecule has 0 radical (unpaired) electrons. The molecule has 262 valence electrons. The van der Waals surface area contributed by atoms with E-state index >= 15 is 0 Å². The fourth-order valence-electron chi connectivity index (χ4n) is 8.13. The van der Waals surface area contributed by atoms with Crippen LogP contribution in [-0.2, 0) is 42.4 Å². The van der Waals surface area contributed by atoms with Crippen LogP contribution in [0.3, 0.4) is 0 Å². The number of aliphatic hydroxyl groups is 1. The number of rotatable bonds is 14. The van der Waals surface area contributed by atoms with E-state index in [0.29, 0.717) is 51.7 Å². The second-order valence-corrected chi connectivity index (χ2v) is 18.6. The van der Waals surface area contributed by atoms with Crippen molar-refractivity contribution in [2.45, 2.75) is 82.3 Å². The Bertz CT molecular complexity index is 1690. The Labute approximate surface area is 288 Å². The molecule has 4 atom stereocenters. The van der Waals surface area contributed by atoms with Gasteiger partial charge in [0.2, 0.25) is 5.91 Å². The molecule has 0 bridgehead atoms. The minimum absolute atomic E-state index is 0.0000869. The number of ether oxygens (including phenoxy) is 3. The molecule has 4 heterocycles. The van der Waals surface area contributed by atoms with Gasteiger partial charge in [0.1, 0.15) is 5.75 Å². The monoisotopic (exact) mass is 689 g/mol. The molecule has 0 saturated carbocycles. The van der Waals surface area contributed by atoms with Crippen LogP contribution in [0.15, 0.2) is 48.7 Å². The maximum absolute atomic E-state index is 15.0. The summed E-state index contributed by atoms with van der Waals surface area (Å²) in [5, 5.41) is 19.1. The first-order valence-corrected chi connectivity index (χ1v) is 20.3. The van der Waals surface area contributed by atoms with E-state index in [1.807, 2.05) is 41.4 Å². The second kappa shape index (κ2) is 14.0. The average molecular weight is 690 g/mol. The number of carbonyl (C=O) groups excluding carboxylic acids is 3. The predicted molar refractivity (Wildman–Crippen MR) is 187 cm³/mol. The van der Waals surface area contributed by atoms with Crippen molar-refractivity contribution >= 4 is 42.4 Å². The fraction of sp³-hybridized carbons (Fsp3) is 0.528. The number of benzene rings is 2. The smallest absolute Gasteiger partial charge is 0.305 e. The summed E-state index contributed by atoms with van der Waals surface area (Å²) in [4.78, 5) is 42.9. The number of aromatic nitrogens is 3. The van der Waals surface area contributed by atoms with Gasteiger partial charge in [-0.25, -0.2) is 0 Å². The molecule has 13 heteroatoms. The van der Waals surface area contributed by atoms with E-state index in [-0.39, 0.29) is 48.4 Å². The first-order valence-electron chi connectivity index (χ1n) is 17.2. The number of β-lactam (4-membered cyclic amide) rings is 1. The van der Waals surface area contributed by atoms with Crippen LogP contribution < -0.4 is 19.7 Å². The minimum atomic E-state index is -2.36. The average Bonchev–Trinajstić information content (AvgIpc) is 3.74. The summed E-state index contributed by atoms with van der Waals surface area (Å²) in [7, 11) is 0.684. The van der Waals surface area contributed by atoms with Crippen LogP contribution in [0.4, 0.5) is 11.4 Å². The third-order valence-electron chi connectivity index (χ3n) is 10.8. The lowest BCUT2D eigenvalue weighted by molar-refractivity contribution is -0.146. The van der Waals surface area contributed by atoms with E-state index in [4.69, 9.17) is 14.2 Å². The molecule has 3 aliphatic rings. The van der Waals surface area contributed by atoms with Gasteiger partial charge >= 0.3 is 5.97 Å². The zero-order chi connectivity index (χ0) is 34.9. The molecule has 2 aromatic carbocycles. The number of aryl methyl sites for hydroxylation is 1. The number of esters is 1. The molecule has 49 heavy (non-hydrogen) atoms. The molecule has 1 aromatic heterocycles. The largest absolute Gasteiger partial charge is 0.497 e. The Morgan fingerprint density at radius 2 is 1.88 bits per heavy atom. The number of nitrogens with zero attached hydrogens (tertiary/aromatic N) is 5. The summed E-state index contributed by atoms with van der Waals surface area (Å²) in [5.41, 5.74) is 1.87. The Hall–Kier alpha value is -4.07. The highest BCUT2D eigenvalue weighted by atomic mass is 28.3. The van der Waals surface area contributed by atoms with Crippen molar-refractivity contribution < 1.29 is 33.7 Å². The Morgan fingerprint density at radius 3 is 2.53 bits per heavy atom. The third-order valence-corrected chi connectivity index (χ3v) is 15.2. The van der Waals surface area contributed by atoms with Crippen LogP contribution >= 0.6 is 0 Å². The summed E-state index contributed by atoms with van der Waals surface area (Å²) in [5.74, 6) is 0.288. The quantitative estimate of drug-likeness (QED) is 0.117. The van der Waals surface area contributed by atoms with Crippen LogP contribution in [0.2, 0.25) is 18.6 Å². The molecule has 1 spiro atoms. The molecule has 2 saturated heterocycles. The summed E-state index contributed by atoms with van der Waals surface area (Å²) >= 11 is 0. The van der Waals surface area contributed by atoms with Crippen molar-refractivity contribution in [3.8, 4) is 5.75 Å². The molecule has 3 aromatic rings. The summed E-state index contributed by atoms with van der Waals surface area (Å²) in [6, 6.07) is 14.1. The molecule has 3 aliphatic heterocycles. The number of hydrogen-bond acceptors (Lipinski definition) is 9. The van der Waals surface area contributed by atoms with Crippen LogP contribution in [0.5, 0.6) is 5.75 Å². The number of methoxy groups -OCH3 is 2. The zero-order valence-electron chi connectivity index (χ0n) is 29.1. The first-order chi connectivity index (χ1) is 23.5. The van der Waals surface area contributed by atoms with Gasteiger partial charge in [-0.2, -0.15) is 0 Å². The van der Waals surface area contributed by atoms with E-state index in [9.17, 15) is 19.5 Å². The van der Waals surface area contributed by atoms with Crippen molar-refractivity contribution in [2.24, 2.45) is 5.92 Å². The van der Waals surface area contributed by atoms with E-state index in [2.05, 4.69) is 42.5 Å². The predicted octanol–water partition coefficient (Wildman–Crippen LogP) is 3.55. The lowest BCUT2D eigenvalue weighted by Crippen LogP contribution is -2.52. The molecular weight excluding hydrogens is 643 g/mol. The Morgan fingerprint density at radius 1 is 1.10 bits per heavy atom. The summed E-state index contributed by atoms with van der Waals surface area (Å²) < 4.78 is 19.3. The van der Waals surface area contributed by atoms with Crippen LogP contribution in [0.1, 0.15) is 50.3 Å². The standard InChI is InChI=1S/C36H47N5O7Si/c1-24-34(49(4,5)28-12-10-27(46-2)11-13-28)31(15-19-39-23-25(17-21-42)37-38-39)48-36(24)29-22-26(40-20-16-32(40)43)9-14-30(29)41(35(36)45)18-7-6-8-33(44)47-3/h9-14,22-24,31,34,42H,6-8,15-21H2,1-5H3/t24-,31+,34-,36+/m0/s1. The number of amides is 2. The van der Waals surface area contributed by atoms with Crippen molar-refractivity contribution in [1.82, 2.24) is 15.0 Å². The Balaban J connectivity index is 1.40. The minimum Gasteiger partial charge on any atom is -0.497 e. The number of anilines is 2. The highest BCUT2D eigenvalue weighted by molar-refractivity contribution is 6.91. The molecule has 6 rings (SSSR count). The van der Waals surface area contributed by atoms with E-state index in [1.54, 1.807) is 16.7 Å². The van der Waals surface area contributed by atoms with Crippen molar-refractivity contribution in [2.75, 3.05) is 43.7 Å². The van der Waals surface area contributed by atoms with Gasteiger partial charge in [0.15, 0.2) is 5.60 Å². The maximum atomic E-state index is 15.0. The van der Waals surface area contributed by atoms with Crippen LogP contribution in [-0.4, -0.2) is 86.0 Å². The van der Waals surface area contributed by atoms with Gasteiger partial charge in [-0.3, -0.25) is 19.1 Å². The normalized spacial score (nSPS) is 23.3. The van der Waals surface area contributed by atoms with Crippen molar-refractivity contribution in [1.29, 1.82) is 0 Å². The van der Waals surface area contributed by atoms with E-state index in [0.717, 1.165) is 28.4 Å². The number of unbranched alkanes of at least 4 members (excludes halogenated alkanes) is 1. The lowest BCUT2D eigenvalue weighted by atomic mass is 9.82. The highest BCUT2D eigenvalue weighted by Gasteiger charge is 2.66. The molecule has 2 fully saturated rings. The maximum Gasteiger partial charge on any atom is 0.305 e. The van der Waals surface area contributed by atoms with Crippen LogP contribution in [0, 0.1) is 5.92 Å². The third kappa shape index (κ3) is 6.28. The van der Waals surface area contributed by atoms with Gasteiger partial charge in [0.05, 0.1) is 39.8 Å².